The molecule has 7 aromatic carbocycles. The van der Waals surface area contributed by atoms with Gasteiger partial charge in [0.1, 0.15) is 0 Å². The maximum atomic E-state index is 2.42. The van der Waals surface area contributed by atoms with Crippen LogP contribution in [0.4, 0.5) is 17.1 Å². The van der Waals surface area contributed by atoms with Gasteiger partial charge in [-0.15, -0.1) is 0 Å². The first kappa shape index (κ1) is 23.5. The van der Waals surface area contributed by atoms with Crippen molar-refractivity contribution >= 4 is 60.4 Å². The van der Waals surface area contributed by atoms with Crippen molar-refractivity contribution in [3.8, 4) is 5.69 Å². The molecule has 1 aromatic heterocycles. The number of aromatic nitrogens is 1. The van der Waals surface area contributed by atoms with E-state index in [4.69, 9.17) is 0 Å². The van der Waals surface area contributed by atoms with E-state index in [1.54, 1.807) is 0 Å². The van der Waals surface area contributed by atoms with Gasteiger partial charge in [-0.3, -0.25) is 0 Å². The second kappa shape index (κ2) is 9.39. The normalized spacial score (nSPS) is 11.5. The zero-order valence-electron chi connectivity index (χ0n) is 22.8. The van der Waals surface area contributed by atoms with Crippen LogP contribution in [-0.4, -0.2) is 4.57 Å². The smallest absolute Gasteiger partial charge is 0.0542 e. The summed E-state index contributed by atoms with van der Waals surface area (Å²) in [7, 11) is 0. The van der Waals surface area contributed by atoms with Crippen LogP contribution < -0.4 is 4.90 Å². The molecule has 1 heterocycles. The number of nitrogens with zero attached hydrogens (tertiary/aromatic N) is 2. The molecule has 0 saturated carbocycles. The highest BCUT2D eigenvalue weighted by Gasteiger charge is 2.20. The van der Waals surface area contributed by atoms with Gasteiger partial charge in [-0.25, -0.2) is 0 Å². The maximum absolute atomic E-state index is 2.42. The summed E-state index contributed by atoms with van der Waals surface area (Å²) < 4.78 is 2.42. The zero-order valence-corrected chi connectivity index (χ0v) is 22.8. The Morgan fingerprint density at radius 2 is 1.02 bits per heavy atom. The van der Waals surface area contributed by atoms with Gasteiger partial charge >= 0.3 is 0 Å². The Morgan fingerprint density at radius 1 is 0.439 bits per heavy atom. The molecule has 41 heavy (non-hydrogen) atoms. The molecule has 2 heteroatoms. The number of rotatable bonds is 4. The van der Waals surface area contributed by atoms with Gasteiger partial charge in [-0.05, 0) is 65.7 Å². The molecule has 0 fully saturated rings. The van der Waals surface area contributed by atoms with Crippen molar-refractivity contribution in [3.63, 3.8) is 0 Å². The fraction of sp³-hybridized carbons (Fsp3) is 0.0256. The molecule has 8 aromatic rings. The van der Waals surface area contributed by atoms with E-state index in [1.165, 1.54) is 66.0 Å². The van der Waals surface area contributed by atoms with Gasteiger partial charge in [0.15, 0.2) is 0 Å². The van der Waals surface area contributed by atoms with Gasteiger partial charge in [0, 0.05) is 32.9 Å². The van der Waals surface area contributed by atoms with Gasteiger partial charge in [0.2, 0.25) is 0 Å². The van der Waals surface area contributed by atoms with E-state index < -0.39 is 0 Å². The molecule has 0 amide bonds. The summed E-state index contributed by atoms with van der Waals surface area (Å²) in [5, 5.41) is 7.45. The standard InChI is InChI=1S/C39H28N2/c1-27-12-2-8-20-35(27)40(36-22-10-15-28-13-3-5-17-31(28)36)30-24-25-39-34(26-30)33-19-7-9-21-38(33)41(39)37-23-11-16-29-14-4-6-18-32(29)37/h2-26H,1H3. The van der Waals surface area contributed by atoms with Crippen LogP contribution in [0.3, 0.4) is 0 Å². The van der Waals surface area contributed by atoms with E-state index in [-0.39, 0.29) is 0 Å². The van der Waals surface area contributed by atoms with Gasteiger partial charge in [-0.2, -0.15) is 0 Å². The number of benzene rings is 7. The predicted octanol–water partition coefficient (Wildman–Crippen LogP) is 10.9. The molecule has 0 aliphatic heterocycles. The second-order valence-corrected chi connectivity index (χ2v) is 10.7. The average Bonchev–Trinajstić information content (AvgIpc) is 3.35. The summed E-state index contributed by atoms with van der Waals surface area (Å²) in [6, 6.07) is 54.8. The monoisotopic (exact) mass is 524 g/mol. The van der Waals surface area contributed by atoms with Gasteiger partial charge in [-0.1, -0.05) is 109 Å². The fourth-order valence-corrected chi connectivity index (χ4v) is 6.39. The van der Waals surface area contributed by atoms with E-state index in [9.17, 15) is 0 Å². The Bertz CT molecular complexity index is 2230. The molecule has 0 unspecified atom stereocenters. The van der Waals surface area contributed by atoms with Crippen LogP contribution in [0.25, 0.3) is 49.0 Å². The second-order valence-electron chi connectivity index (χ2n) is 10.7. The van der Waals surface area contributed by atoms with Crippen molar-refractivity contribution in [1.82, 2.24) is 4.57 Å². The lowest BCUT2D eigenvalue weighted by molar-refractivity contribution is 1.20. The minimum absolute atomic E-state index is 1.14. The largest absolute Gasteiger partial charge is 0.310 e. The number of para-hydroxylation sites is 2. The molecule has 0 atom stereocenters. The van der Waals surface area contributed by atoms with Crippen molar-refractivity contribution in [2.45, 2.75) is 6.92 Å². The molecule has 0 aliphatic rings. The fourth-order valence-electron chi connectivity index (χ4n) is 6.39. The molecule has 194 valence electrons. The van der Waals surface area contributed by atoms with Crippen molar-refractivity contribution in [1.29, 1.82) is 0 Å². The van der Waals surface area contributed by atoms with E-state index in [1.807, 2.05) is 0 Å². The highest BCUT2D eigenvalue weighted by atomic mass is 15.1. The van der Waals surface area contributed by atoms with E-state index >= 15 is 0 Å². The first-order valence-corrected chi connectivity index (χ1v) is 14.1. The summed E-state index contributed by atoms with van der Waals surface area (Å²) in [6.45, 7) is 2.19. The minimum atomic E-state index is 1.14. The molecule has 0 spiro atoms. The number of anilines is 3. The van der Waals surface area contributed by atoms with E-state index in [0.29, 0.717) is 0 Å². The number of hydrogen-bond donors (Lipinski definition) is 0. The molecule has 0 aliphatic carbocycles. The molecule has 0 saturated heterocycles. The highest BCUT2D eigenvalue weighted by Crippen LogP contribution is 2.43. The molecule has 0 bridgehead atoms. The maximum Gasteiger partial charge on any atom is 0.0542 e. The lowest BCUT2D eigenvalue weighted by Gasteiger charge is -2.28. The van der Waals surface area contributed by atoms with E-state index in [2.05, 4.69) is 168 Å². The first-order chi connectivity index (χ1) is 20.3. The molecular weight excluding hydrogens is 496 g/mol. The molecule has 0 N–H and O–H groups in total. The Hall–Kier alpha value is -5.34. The number of aryl methyl sites for hydroxylation is 1. The summed E-state index contributed by atoms with van der Waals surface area (Å²) >= 11 is 0. The van der Waals surface area contributed by atoms with Crippen LogP contribution in [-0.2, 0) is 0 Å². The van der Waals surface area contributed by atoms with Crippen LogP contribution in [0.1, 0.15) is 5.56 Å². The third-order valence-electron chi connectivity index (χ3n) is 8.29. The molecule has 2 nitrogen and oxygen atoms in total. The van der Waals surface area contributed by atoms with E-state index in [0.717, 1.165) is 5.69 Å². The molecular formula is C39H28N2. The van der Waals surface area contributed by atoms with Gasteiger partial charge in [0.25, 0.3) is 0 Å². The summed E-state index contributed by atoms with van der Waals surface area (Å²) in [5.41, 5.74) is 8.35. The van der Waals surface area contributed by atoms with Crippen molar-refractivity contribution < 1.29 is 0 Å². The lowest BCUT2D eigenvalue weighted by Crippen LogP contribution is -2.11. The molecule has 0 radical (unpaired) electrons. The topological polar surface area (TPSA) is 8.17 Å². The Morgan fingerprint density at radius 3 is 1.85 bits per heavy atom. The highest BCUT2D eigenvalue weighted by molar-refractivity contribution is 6.12. The third kappa shape index (κ3) is 3.72. The summed E-state index contributed by atoms with van der Waals surface area (Å²) in [5.74, 6) is 0. The van der Waals surface area contributed by atoms with Crippen LogP contribution in [0.15, 0.2) is 152 Å². The summed E-state index contributed by atoms with van der Waals surface area (Å²) in [4.78, 5) is 2.42. The first-order valence-electron chi connectivity index (χ1n) is 14.1. The SMILES string of the molecule is Cc1ccccc1N(c1ccc2c(c1)c1ccccc1n2-c1cccc2ccccc12)c1cccc2ccccc12. The van der Waals surface area contributed by atoms with Crippen molar-refractivity contribution in [2.24, 2.45) is 0 Å². The van der Waals surface area contributed by atoms with Crippen molar-refractivity contribution in [2.75, 3.05) is 4.90 Å². The molecule has 8 rings (SSSR count). The third-order valence-corrected chi connectivity index (χ3v) is 8.29. The van der Waals surface area contributed by atoms with Crippen LogP contribution in [0, 0.1) is 6.92 Å². The zero-order chi connectivity index (χ0) is 27.3. The van der Waals surface area contributed by atoms with Crippen molar-refractivity contribution in [3.05, 3.63) is 157 Å². The number of fused-ring (bicyclic) bond motifs is 5. The minimum Gasteiger partial charge on any atom is -0.310 e. The van der Waals surface area contributed by atoms with Gasteiger partial charge in [0.05, 0.1) is 22.4 Å². The van der Waals surface area contributed by atoms with Crippen LogP contribution in [0.2, 0.25) is 0 Å². The number of hydrogen-bond acceptors (Lipinski definition) is 1. The lowest BCUT2D eigenvalue weighted by atomic mass is 10.0. The van der Waals surface area contributed by atoms with Crippen LogP contribution >= 0.6 is 0 Å². The van der Waals surface area contributed by atoms with Crippen LogP contribution in [0.5, 0.6) is 0 Å². The Balaban J connectivity index is 1.43. The average molecular weight is 525 g/mol. The van der Waals surface area contributed by atoms with Gasteiger partial charge < -0.3 is 9.47 Å². The summed E-state index contributed by atoms with van der Waals surface area (Å²) in [6.07, 6.45) is 0. The predicted molar refractivity (Wildman–Crippen MR) is 175 cm³/mol. The quantitative estimate of drug-likeness (QED) is 0.222. The Labute approximate surface area is 239 Å². The Kier molecular flexibility index (Phi) is 5.39.